The van der Waals surface area contributed by atoms with Crippen LogP contribution >= 0.6 is 0 Å². The van der Waals surface area contributed by atoms with E-state index in [4.69, 9.17) is 9.57 Å². The van der Waals surface area contributed by atoms with Gasteiger partial charge in [0.2, 0.25) is 5.91 Å². The molecule has 36 heavy (non-hydrogen) atoms. The average Bonchev–Trinajstić information content (AvgIpc) is 3.54. The molecule has 0 unspecified atom stereocenters. The molecule has 0 N–H and O–H groups in total. The summed E-state index contributed by atoms with van der Waals surface area (Å²) < 4.78 is 7.71. The number of imide groups is 1. The molecular weight excluding hydrogens is 454 g/mol. The smallest absolute Gasteiger partial charge is 0.266 e. The van der Waals surface area contributed by atoms with Gasteiger partial charge in [-0.2, -0.15) is 0 Å². The second kappa shape index (κ2) is 8.84. The maximum atomic E-state index is 13.9. The zero-order chi connectivity index (χ0) is 24.8. The van der Waals surface area contributed by atoms with E-state index in [0.717, 1.165) is 28.6 Å². The number of benzene rings is 3. The van der Waals surface area contributed by atoms with Crippen LogP contribution in [0.1, 0.15) is 24.9 Å². The first-order chi connectivity index (χ1) is 17.6. The molecular formula is C29H27N3O4. The molecule has 3 atom stereocenters. The minimum Gasteiger partial charge on any atom is -0.494 e. The largest absolute Gasteiger partial charge is 0.494 e. The Balaban J connectivity index is 1.42. The lowest BCUT2D eigenvalue weighted by atomic mass is 9.90. The van der Waals surface area contributed by atoms with Gasteiger partial charge in [-0.3, -0.25) is 14.4 Å². The summed E-state index contributed by atoms with van der Waals surface area (Å²) in [5, 5.41) is 2.78. The number of ether oxygens (including phenoxy) is 1. The standard InChI is InChI=1S/C29H27N3O4/c1-3-17-35-21-15-13-19(14-16-21)31-28(33)25-26(23-18-30(2)24-12-8-7-11-22(23)24)32(36-27(25)29(31)34)20-9-5-4-6-10-20/h4-16,18,25-27H,3,17H2,1-2H3/t25-,26-,27+/m0/s1. The molecule has 182 valence electrons. The first kappa shape index (κ1) is 22.4. The molecule has 0 saturated carbocycles. The molecule has 6 rings (SSSR count). The van der Waals surface area contributed by atoms with Crippen LogP contribution in [0.4, 0.5) is 11.4 Å². The van der Waals surface area contributed by atoms with Crippen molar-refractivity contribution in [2.45, 2.75) is 25.5 Å². The SMILES string of the molecule is CCCOc1ccc(N2C(=O)[C@@H]3[C@@H](ON(c4ccccc4)[C@H]3c3cn(C)c4ccccc34)C2=O)cc1. The number of carbonyl (C=O) groups is 2. The fourth-order valence-electron chi connectivity index (χ4n) is 5.30. The number of aromatic nitrogens is 1. The van der Waals surface area contributed by atoms with E-state index in [1.54, 1.807) is 29.3 Å². The van der Waals surface area contributed by atoms with Crippen molar-refractivity contribution in [3.63, 3.8) is 0 Å². The molecule has 3 heterocycles. The highest BCUT2D eigenvalue weighted by Crippen LogP contribution is 2.49. The van der Waals surface area contributed by atoms with E-state index in [-0.39, 0.29) is 11.8 Å². The van der Waals surface area contributed by atoms with Crippen LogP contribution < -0.4 is 14.7 Å². The summed E-state index contributed by atoms with van der Waals surface area (Å²) in [5.41, 5.74) is 3.33. The molecule has 2 aliphatic rings. The van der Waals surface area contributed by atoms with E-state index < -0.39 is 18.1 Å². The first-order valence-electron chi connectivity index (χ1n) is 12.2. The molecule has 2 amide bonds. The van der Waals surface area contributed by atoms with E-state index in [9.17, 15) is 9.59 Å². The number of hydroxylamine groups is 1. The van der Waals surface area contributed by atoms with Gasteiger partial charge < -0.3 is 9.30 Å². The van der Waals surface area contributed by atoms with Crippen LogP contribution in [-0.2, 0) is 21.5 Å². The first-order valence-corrected chi connectivity index (χ1v) is 12.2. The highest BCUT2D eigenvalue weighted by Gasteiger charge is 2.60. The van der Waals surface area contributed by atoms with Crippen LogP contribution in [0.25, 0.3) is 10.9 Å². The van der Waals surface area contributed by atoms with Crippen molar-refractivity contribution in [1.29, 1.82) is 0 Å². The third-order valence-electron chi connectivity index (χ3n) is 6.94. The molecule has 7 heteroatoms. The summed E-state index contributed by atoms with van der Waals surface area (Å²) in [6, 6.07) is 24.3. The number of nitrogens with zero attached hydrogens (tertiary/aromatic N) is 3. The number of amides is 2. The van der Waals surface area contributed by atoms with Crippen LogP contribution in [0.3, 0.4) is 0 Å². The van der Waals surface area contributed by atoms with Gasteiger partial charge in [0.05, 0.1) is 24.0 Å². The number of anilines is 2. The summed E-state index contributed by atoms with van der Waals surface area (Å²) in [7, 11) is 1.99. The van der Waals surface area contributed by atoms with E-state index in [1.165, 1.54) is 4.90 Å². The number of aryl methyl sites for hydroxylation is 1. The Morgan fingerprint density at radius 3 is 2.33 bits per heavy atom. The fraction of sp³-hybridized carbons (Fsp3) is 0.241. The van der Waals surface area contributed by atoms with Crippen LogP contribution in [0.15, 0.2) is 85.1 Å². The summed E-state index contributed by atoms with van der Waals surface area (Å²) in [4.78, 5) is 35.1. The monoisotopic (exact) mass is 481 g/mol. The number of hydrogen-bond acceptors (Lipinski definition) is 5. The number of hydrogen-bond donors (Lipinski definition) is 0. The van der Waals surface area contributed by atoms with Gasteiger partial charge in [0.15, 0.2) is 6.10 Å². The Morgan fingerprint density at radius 2 is 1.58 bits per heavy atom. The second-order valence-electron chi connectivity index (χ2n) is 9.22. The molecule has 0 radical (unpaired) electrons. The third-order valence-corrected chi connectivity index (χ3v) is 6.94. The van der Waals surface area contributed by atoms with Crippen molar-refractivity contribution in [3.05, 3.63) is 90.6 Å². The highest BCUT2D eigenvalue weighted by molar-refractivity contribution is 6.24. The van der Waals surface area contributed by atoms with Crippen LogP contribution in [0.2, 0.25) is 0 Å². The molecule has 1 aromatic heterocycles. The predicted molar refractivity (Wildman–Crippen MR) is 138 cm³/mol. The van der Waals surface area contributed by atoms with Gasteiger partial charge in [0.1, 0.15) is 11.7 Å². The Hall–Kier alpha value is -4.10. The number of rotatable bonds is 6. The molecule has 3 aromatic carbocycles. The van der Waals surface area contributed by atoms with E-state index in [0.29, 0.717) is 18.0 Å². The van der Waals surface area contributed by atoms with Crippen molar-refractivity contribution < 1.29 is 19.2 Å². The topological polar surface area (TPSA) is 64.0 Å². The van der Waals surface area contributed by atoms with E-state index in [1.807, 2.05) is 62.6 Å². The molecule has 0 spiro atoms. The number of fused-ring (bicyclic) bond motifs is 2. The molecule has 2 fully saturated rings. The quantitative estimate of drug-likeness (QED) is 0.362. The van der Waals surface area contributed by atoms with Gasteiger partial charge in [-0.1, -0.05) is 43.3 Å². The minimum atomic E-state index is -0.905. The van der Waals surface area contributed by atoms with E-state index in [2.05, 4.69) is 16.7 Å². The maximum Gasteiger partial charge on any atom is 0.266 e. The van der Waals surface area contributed by atoms with Crippen molar-refractivity contribution in [1.82, 2.24) is 4.57 Å². The van der Waals surface area contributed by atoms with Gasteiger partial charge in [-0.05, 0) is 48.9 Å². The zero-order valence-corrected chi connectivity index (χ0v) is 20.2. The predicted octanol–water partition coefficient (Wildman–Crippen LogP) is 5.02. The Kier molecular flexibility index (Phi) is 5.49. The van der Waals surface area contributed by atoms with Gasteiger partial charge >= 0.3 is 0 Å². The number of para-hydroxylation sites is 2. The van der Waals surface area contributed by atoms with Crippen LogP contribution in [-0.4, -0.2) is 29.1 Å². The Morgan fingerprint density at radius 1 is 0.861 bits per heavy atom. The normalized spacial score (nSPS) is 21.4. The molecule has 7 nitrogen and oxygen atoms in total. The van der Waals surface area contributed by atoms with Gasteiger partial charge in [-0.15, -0.1) is 0 Å². The zero-order valence-electron chi connectivity index (χ0n) is 20.2. The summed E-state index contributed by atoms with van der Waals surface area (Å²) in [6.07, 6.45) is 2.04. The molecule has 0 bridgehead atoms. The lowest BCUT2D eigenvalue weighted by Crippen LogP contribution is -2.37. The van der Waals surface area contributed by atoms with Gasteiger partial charge in [-0.25, -0.2) is 9.96 Å². The Labute approximate surface area is 209 Å². The highest BCUT2D eigenvalue weighted by atomic mass is 16.7. The molecule has 4 aromatic rings. The van der Waals surface area contributed by atoms with Gasteiger partial charge in [0.25, 0.3) is 5.91 Å². The van der Waals surface area contributed by atoms with Gasteiger partial charge in [0, 0.05) is 29.7 Å². The van der Waals surface area contributed by atoms with Crippen LogP contribution in [0, 0.1) is 5.92 Å². The van der Waals surface area contributed by atoms with Crippen molar-refractivity contribution >= 4 is 34.1 Å². The van der Waals surface area contributed by atoms with Crippen molar-refractivity contribution in [3.8, 4) is 5.75 Å². The summed E-state index contributed by atoms with van der Waals surface area (Å²) >= 11 is 0. The van der Waals surface area contributed by atoms with Crippen molar-refractivity contribution in [2.75, 3.05) is 16.6 Å². The lowest BCUT2D eigenvalue weighted by Gasteiger charge is -2.28. The third kappa shape index (κ3) is 3.46. The minimum absolute atomic E-state index is 0.261. The van der Waals surface area contributed by atoms with Crippen LogP contribution in [0.5, 0.6) is 5.75 Å². The Bertz CT molecular complexity index is 1430. The lowest BCUT2D eigenvalue weighted by molar-refractivity contribution is -0.126. The van der Waals surface area contributed by atoms with E-state index >= 15 is 0 Å². The molecule has 2 saturated heterocycles. The second-order valence-corrected chi connectivity index (χ2v) is 9.22. The average molecular weight is 482 g/mol. The molecule has 0 aliphatic carbocycles. The number of carbonyl (C=O) groups excluding carboxylic acids is 2. The van der Waals surface area contributed by atoms with Crippen molar-refractivity contribution in [2.24, 2.45) is 13.0 Å². The molecule has 2 aliphatic heterocycles. The maximum absolute atomic E-state index is 13.9. The fourth-order valence-corrected chi connectivity index (χ4v) is 5.30. The summed E-state index contributed by atoms with van der Waals surface area (Å²) in [5.74, 6) is -0.584. The summed E-state index contributed by atoms with van der Waals surface area (Å²) in [6.45, 7) is 2.65.